The van der Waals surface area contributed by atoms with Gasteiger partial charge in [-0.1, -0.05) is 34.6 Å². The van der Waals surface area contributed by atoms with Crippen molar-refractivity contribution >= 4 is 44.1 Å². The molecule has 5 nitrogen and oxygen atoms in total. The Labute approximate surface area is 165 Å². The Morgan fingerprint density at radius 3 is 3.00 bits per heavy atom. The standard InChI is InChI=1S/C20H17ClN2O3S/c1-3-25-19-14(18(24)13-8-11(2)4-7-16(13)26-19)10-22-20-23-15-6-5-12(21)9-17(15)27-20/h4-10,19H,3H2,1-2H3,(H,22,23)/t19-/m1/s1. The average molecular weight is 401 g/mol. The summed E-state index contributed by atoms with van der Waals surface area (Å²) in [6.07, 6.45) is 0.863. The van der Waals surface area contributed by atoms with Crippen LogP contribution in [0.15, 0.2) is 48.2 Å². The van der Waals surface area contributed by atoms with Crippen LogP contribution in [0.2, 0.25) is 5.02 Å². The molecule has 27 heavy (non-hydrogen) atoms. The second-order valence-electron chi connectivity index (χ2n) is 6.11. The molecule has 0 bridgehead atoms. The predicted molar refractivity (Wildman–Crippen MR) is 108 cm³/mol. The number of rotatable bonds is 4. The average Bonchev–Trinajstić information content (AvgIpc) is 3.04. The Balaban J connectivity index is 1.67. The maximum Gasteiger partial charge on any atom is 0.232 e. The van der Waals surface area contributed by atoms with Crippen molar-refractivity contribution in [3.8, 4) is 5.75 Å². The number of nitrogens with zero attached hydrogens (tertiary/aromatic N) is 1. The number of ether oxygens (including phenoxy) is 2. The van der Waals surface area contributed by atoms with E-state index in [9.17, 15) is 4.79 Å². The molecule has 2 heterocycles. The van der Waals surface area contributed by atoms with Gasteiger partial charge in [-0.15, -0.1) is 0 Å². The lowest BCUT2D eigenvalue weighted by atomic mass is 9.98. The van der Waals surface area contributed by atoms with Crippen molar-refractivity contribution < 1.29 is 14.3 Å². The summed E-state index contributed by atoms with van der Waals surface area (Å²) < 4.78 is 12.5. The number of carbonyl (C=O) groups excluding carboxylic acids is 1. The summed E-state index contributed by atoms with van der Waals surface area (Å²) in [4.78, 5) is 17.5. The molecular weight excluding hydrogens is 384 g/mol. The highest BCUT2D eigenvalue weighted by Gasteiger charge is 2.32. The number of fused-ring (bicyclic) bond motifs is 2. The molecular formula is C20H17ClN2O3S. The van der Waals surface area contributed by atoms with E-state index < -0.39 is 6.29 Å². The van der Waals surface area contributed by atoms with Gasteiger partial charge in [-0.3, -0.25) is 4.79 Å². The van der Waals surface area contributed by atoms with Crippen LogP contribution in [0.5, 0.6) is 5.75 Å². The monoisotopic (exact) mass is 400 g/mol. The molecule has 2 aromatic carbocycles. The number of hydrogen-bond acceptors (Lipinski definition) is 6. The van der Waals surface area contributed by atoms with Gasteiger partial charge in [0.1, 0.15) is 5.75 Å². The van der Waals surface area contributed by atoms with Crippen LogP contribution in [0.4, 0.5) is 5.13 Å². The molecule has 1 aliphatic heterocycles. The molecule has 138 valence electrons. The summed E-state index contributed by atoms with van der Waals surface area (Å²) in [6.45, 7) is 4.23. The van der Waals surface area contributed by atoms with E-state index >= 15 is 0 Å². The Kier molecular flexibility index (Phi) is 4.86. The lowest BCUT2D eigenvalue weighted by Crippen LogP contribution is -2.33. The third kappa shape index (κ3) is 3.56. The lowest BCUT2D eigenvalue weighted by molar-refractivity contribution is -0.0509. The zero-order valence-electron chi connectivity index (χ0n) is 14.8. The van der Waals surface area contributed by atoms with Crippen LogP contribution in [-0.4, -0.2) is 23.7 Å². The molecule has 1 N–H and O–H groups in total. The molecule has 4 rings (SSSR count). The number of hydrogen-bond donors (Lipinski definition) is 1. The molecule has 3 aromatic rings. The van der Waals surface area contributed by atoms with Gasteiger partial charge in [-0.25, -0.2) is 4.98 Å². The maximum absolute atomic E-state index is 13.0. The number of thiazole rings is 1. The first kappa shape index (κ1) is 18.0. The maximum atomic E-state index is 13.0. The van der Waals surface area contributed by atoms with Gasteiger partial charge < -0.3 is 14.8 Å². The summed E-state index contributed by atoms with van der Waals surface area (Å²) in [6, 6.07) is 11.1. The van der Waals surface area contributed by atoms with Crippen LogP contribution in [0.3, 0.4) is 0 Å². The van der Waals surface area contributed by atoms with Crippen molar-refractivity contribution in [2.24, 2.45) is 0 Å². The molecule has 0 radical (unpaired) electrons. The molecule has 0 saturated heterocycles. The number of halogens is 1. The zero-order valence-corrected chi connectivity index (χ0v) is 16.4. The van der Waals surface area contributed by atoms with Crippen LogP contribution in [0.1, 0.15) is 22.8 Å². The van der Waals surface area contributed by atoms with Gasteiger partial charge in [-0.2, -0.15) is 0 Å². The number of carbonyl (C=O) groups is 1. The Bertz CT molecular complexity index is 1060. The van der Waals surface area contributed by atoms with Gasteiger partial charge in [0.15, 0.2) is 10.9 Å². The van der Waals surface area contributed by atoms with Gasteiger partial charge in [-0.05, 0) is 44.2 Å². The topological polar surface area (TPSA) is 60.5 Å². The van der Waals surface area contributed by atoms with Crippen molar-refractivity contribution in [1.29, 1.82) is 0 Å². The second kappa shape index (κ2) is 7.31. The Hall–Kier alpha value is -2.41. The molecule has 0 amide bonds. The minimum absolute atomic E-state index is 0.116. The van der Waals surface area contributed by atoms with E-state index in [4.69, 9.17) is 21.1 Å². The SMILES string of the molecule is CCO[C@@H]1Oc2ccc(C)cc2C(=O)C1=CNc1nc2ccc(Cl)cc2s1. The first-order valence-electron chi connectivity index (χ1n) is 8.51. The third-order valence-corrected chi connectivity index (χ3v) is 5.33. The quantitative estimate of drug-likeness (QED) is 0.610. The number of anilines is 1. The summed E-state index contributed by atoms with van der Waals surface area (Å²) in [7, 11) is 0. The third-order valence-electron chi connectivity index (χ3n) is 4.15. The molecule has 1 aliphatic rings. The van der Waals surface area contributed by atoms with Gasteiger partial charge in [0, 0.05) is 17.8 Å². The first-order valence-corrected chi connectivity index (χ1v) is 9.71. The summed E-state index contributed by atoms with van der Waals surface area (Å²) >= 11 is 7.49. The predicted octanol–water partition coefficient (Wildman–Crippen LogP) is 5.19. The Morgan fingerprint density at radius 1 is 1.33 bits per heavy atom. The van der Waals surface area contributed by atoms with Crippen molar-refractivity contribution in [2.45, 2.75) is 20.1 Å². The molecule has 0 fully saturated rings. The van der Waals surface area contributed by atoms with E-state index in [0.29, 0.717) is 33.6 Å². The zero-order chi connectivity index (χ0) is 19.0. The van der Waals surface area contributed by atoms with E-state index in [1.807, 2.05) is 38.1 Å². The highest BCUT2D eigenvalue weighted by atomic mass is 35.5. The summed E-state index contributed by atoms with van der Waals surface area (Å²) in [5.41, 5.74) is 2.79. The van der Waals surface area contributed by atoms with Crippen molar-refractivity contribution in [2.75, 3.05) is 11.9 Å². The van der Waals surface area contributed by atoms with Crippen LogP contribution >= 0.6 is 22.9 Å². The Morgan fingerprint density at radius 2 is 2.19 bits per heavy atom. The van der Waals surface area contributed by atoms with Crippen LogP contribution in [-0.2, 0) is 4.74 Å². The number of ketones is 1. The molecule has 1 atom stereocenters. The first-order chi connectivity index (χ1) is 13.0. The smallest absolute Gasteiger partial charge is 0.232 e. The fraction of sp³-hybridized carbons (Fsp3) is 0.200. The summed E-state index contributed by atoms with van der Waals surface area (Å²) in [5, 5.41) is 4.44. The fourth-order valence-corrected chi connectivity index (χ4v) is 3.98. The van der Waals surface area contributed by atoms with Crippen molar-refractivity contribution in [3.63, 3.8) is 0 Å². The highest BCUT2D eigenvalue weighted by Crippen LogP contribution is 2.33. The van der Waals surface area contributed by atoms with Crippen LogP contribution in [0.25, 0.3) is 10.2 Å². The molecule has 1 aromatic heterocycles. The minimum atomic E-state index is -0.756. The van der Waals surface area contributed by atoms with Crippen molar-refractivity contribution in [3.05, 3.63) is 64.3 Å². The molecule has 7 heteroatoms. The van der Waals surface area contributed by atoms with Crippen molar-refractivity contribution in [1.82, 2.24) is 4.98 Å². The number of aromatic nitrogens is 1. The van der Waals surface area contributed by atoms with E-state index in [1.165, 1.54) is 11.3 Å². The molecule has 0 unspecified atom stereocenters. The largest absolute Gasteiger partial charge is 0.460 e. The highest BCUT2D eigenvalue weighted by molar-refractivity contribution is 7.22. The van der Waals surface area contributed by atoms with Crippen LogP contribution < -0.4 is 10.1 Å². The van der Waals surface area contributed by atoms with Gasteiger partial charge in [0.05, 0.1) is 21.4 Å². The van der Waals surface area contributed by atoms with Gasteiger partial charge in [0.2, 0.25) is 6.29 Å². The van der Waals surface area contributed by atoms with E-state index in [1.54, 1.807) is 18.3 Å². The lowest BCUT2D eigenvalue weighted by Gasteiger charge is -2.27. The van der Waals surface area contributed by atoms with Crippen LogP contribution in [0, 0.1) is 6.92 Å². The molecule has 0 saturated carbocycles. The molecule has 0 aliphatic carbocycles. The fourth-order valence-electron chi connectivity index (χ4n) is 2.87. The number of Topliss-reactive ketones (excluding diaryl/α,β-unsaturated/α-hetero) is 1. The number of benzene rings is 2. The normalized spacial score (nSPS) is 17.8. The number of nitrogens with one attached hydrogen (secondary N) is 1. The minimum Gasteiger partial charge on any atom is -0.460 e. The van der Waals surface area contributed by atoms with E-state index in [0.717, 1.165) is 15.8 Å². The van der Waals surface area contributed by atoms with E-state index in [2.05, 4.69) is 10.3 Å². The summed E-state index contributed by atoms with van der Waals surface area (Å²) in [5.74, 6) is 0.422. The number of aryl methyl sites for hydroxylation is 1. The molecule has 0 spiro atoms. The van der Waals surface area contributed by atoms with Gasteiger partial charge >= 0.3 is 0 Å². The van der Waals surface area contributed by atoms with E-state index in [-0.39, 0.29) is 5.78 Å². The van der Waals surface area contributed by atoms with Gasteiger partial charge in [0.25, 0.3) is 0 Å². The second-order valence-corrected chi connectivity index (χ2v) is 7.58.